The highest BCUT2D eigenvalue weighted by Crippen LogP contribution is 2.28. The Bertz CT molecular complexity index is 1040. The van der Waals surface area contributed by atoms with Crippen LogP contribution in [0.4, 0.5) is 5.69 Å². The number of para-hydroxylation sites is 1. The molecular weight excluding hydrogens is 440 g/mol. The number of thioether (sulfide) groups is 1. The number of anilines is 1. The minimum atomic E-state index is -3.86. The maximum absolute atomic E-state index is 12.9. The summed E-state index contributed by atoms with van der Waals surface area (Å²) < 4.78 is 37.3. The summed E-state index contributed by atoms with van der Waals surface area (Å²) in [5, 5.41) is 2.69. The van der Waals surface area contributed by atoms with Crippen molar-refractivity contribution in [1.82, 2.24) is 4.31 Å². The van der Waals surface area contributed by atoms with Crippen LogP contribution in [0.25, 0.3) is 0 Å². The van der Waals surface area contributed by atoms with Gasteiger partial charge in [-0.2, -0.15) is 4.31 Å². The molecule has 0 bridgehead atoms. The van der Waals surface area contributed by atoms with Gasteiger partial charge in [-0.1, -0.05) is 26.0 Å². The molecule has 0 aliphatic heterocycles. The van der Waals surface area contributed by atoms with Gasteiger partial charge in [0, 0.05) is 18.0 Å². The third kappa shape index (κ3) is 5.99. The molecule has 0 unspecified atom stereocenters. The van der Waals surface area contributed by atoms with Crippen LogP contribution in [0.2, 0.25) is 0 Å². The van der Waals surface area contributed by atoms with Gasteiger partial charge >= 0.3 is 5.97 Å². The highest BCUT2D eigenvalue weighted by Gasteiger charge is 2.27. The van der Waals surface area contributed by atoms with E-state index in [0.717, 1.165) is 4.90 Å². The Morgan fingerprint density at radius 3 is 2.39 bits per heavy atom. The van der Waals surface area contributed by atoms with E-state index in [1.54, 1.807) is 26.0 Å². The highest BCUT2D eigenvalue weighted by atomic mass is 32.2. The van der Waals surface area contributed by atoms with Crippen LogP contribution in [-0.2, 0) is 19.6 Å². The Morgan fingerprint density at radius 2 is 1.77 bits per heavy atom. The molecule has 0 radical (unpaired) electrons. The van der Waals surface area contributed by atoms with E-state index in [0.29, 0.717) is 5.69 Å². The molecule has 2 aromatic rings. The second kappa shape index (κ2) is 11.2. The number of esters is 1. The van der Waals surface area contributed by atoms with Gasteiger partial charge in [0.05, 0.1) is 18.4 Å². The summed E-state index contributed by atoms with van der Waals surface area (Å²) in [5.74, 6) is -1.19. The minimum absolute atomic E-state index is 0.00356. The molecule has 1 amide bonds. The summed E-state index contributed by atoms with van der Waals surface area (Å²) in [5.41, 5.74) is 0.622. The van der Waals surface area contributed by atoms with Crippen molar-refractivity contribution in [3.05, 3.63) is 48.0 Å². The highest BCUT2D eigenvalue weighted by molar-refractivity contribution is 7.98. The molecule has 10 heteroatoms. The van der Waals surface area contributed by atoms with E-state index < -0.39 is 28.5 Å². The normalized spacial score (nSPS) is 11.3. The van der Waals surface area contributed by atoms with Crippen molar-refractivity contribution in [2.24, 2.45) is 0 Å². The number of benzene rings is 2. The van der Waals surface area contributed by atoms with Crippen LogP contribution in [0, 0.1) is 0 Å². The summed E-state index contributed by atoms with van der Waals surface area (Å²) in [4.78, 5) is 25.4. The second-order valence-corrected chi connectivity index (χ2v) is 9.03. The van der Waals surface area contributed by atoms with Crippen molar-refractivity contribution in [2.75, 3.05) is 38.4 Å². The molecule has 0 atom stereocenters. The number of nitrogens with one attached hydrogen (secondary N) is 1. The van der Waals surface area contributed by atoms with Crippen molar-refractivity contribution >= 4 is 39.3 Å². The van der Waals surface area contributed by atoms with Crippen LogP contribution in [0.1, 0.15) is 24.2 Å². The standard InChI is InChI=1S/C21H26N2O6S2/c1-5-23(6-2)31(26,27)19-13-15(11-12-17(19)28-3)21(25)29-14-20(24)22-16-9-7-8-10-18(16)30-4/h7-13H,5-6,14H2,1-4H3,(H,22,24). The van der Waals surface area contributed by atoms with E-state index in [9.17, 15) is 18.0 Å². The Kier molecular flexibility index (Phi) is 8.90. The van der Waals surface area contributed by atoms with E-state index in [1.165, 1.54) is 41.4 Å². The van der Waals surface area contributed by atoms with E-state index in [-0.39, 0.29) is 29.3 Å². The molecule has 0 saturated carbocycles. The van der Waals surface area contributed by atoms with Crippen LogP contribution in [-0.4, -0.2) is 57.7 Å². The maximum atomic E-state index is 12.9. The van der Waals surface area contributed by atoms with Crippen molar-refractivity contribution in [3.8, 4) is 5.75 Å². The van der Waals surface area contributed by atoms with Gasteiger partial charge in [0.2, 0.25) is 10.0 Å². The second-order valence-electron chi connectivity index (χ2n) is 6.28. The number of carbonyl (C=O) groups is 2. The number of hydrogen-bond acceptors (Lipinski definition) is 7. The molecule has 0 spiro atoms. The zero-order chi connectivity index (χ0) is 23.0. The molecule has 0 fully saturated rings. The first-order chi connectivity index (χ1) is 14.8. The van der Waals surface area contributed by atoms with Crippen molar-refractivity contribution in [2.45, 2.75) is 23.6 Å². The maximum Gasteiger partial charge on any atom is 0.338 e. The first kappa shape index (κ1) is 24.7. The van der Waals surface area contributed by atoms with E-state index in [2.05, 4.69) is 5.32 Å². The monoisotopic (exact) mass is 466 g/mol. The van der Waals surface area contributed by atoms with Gasteiger partial charge in [0.1, 0.15) is 10.6 Å². The number of ether oxygens (including phenoxy) is 2. The molecule has 2 rings (SSSR count). The van der Waals surface area contributed by atoms with Crippen LogP contribution in [0.15, 0.2) is 52.3 Å². The van der Waals surface area contributed by atoms with E-state index in [1.807, 2.05) is 18.4 Å². The number of rotatable bonds is 10. The molecule has 0 aliphatic carbocycles. The SMILES string of the molecule is CCN(CC)S(=O)(=O)c1cc(C(=O)OCC(=O)Nc2ccccc2SC)ccc1OC. The summed E-state index contributed by atoms with van der Waals surface area (Å²) >= 11 is 1.48. The largest absolute Gasteiger partial charge is 0.495 e. The van der Waals surface area contributed by atoms with E-state index in [4.69, 9.17) is 9.47 Å². The van der Waals surface area contributed by atoms with Crippen LogP contribution < -0.4 is 10.1 Å². The van der Waals surface area contributed by atoms with Crippen molar-refractivity contribution in [3.63, 3.8) is 0 Å². The average molecular weight is 467 g/mol. The fourth-order valence-corrected chi connectivity index (χ4v) is 5.05. The molecule has 0 heterocycles. The van der Waals surface area contributed by atoms with Gasteiger partial charge in [0.25, 0.3) is 5.91 Å². The lowest BCUT2D eigenvalue weighted by Gasteiger charge is -2.20. The lowest BCUT2D eigenvalue weighted by Crippen LogP contribution is -2.31. The number of nitrogens with zero attached hydrogens (tertiary/aromatic N) is 1. The summed E-state index contributed by atoms with van der Waals surface area (Å²) in [6.45, 7) is 3.48. The summed E-state index contributed by atoms with van der Waals surface area (Å²) in [7, 11) is -2.51. The smallest absolute Gasteiger partial charge is 0.338 e. The fourth-order valence-electron chi connectivity index (χ4n) is 2.86. The predicted octanol–water partition coefficient (Wildman–Crippen LogP) is 3.24. The quantitative estimate of drug-likeness (QED) is 0.424. The molecule has 8 nitrogen and oxygen atoms in total. The van der Waals surface area contributed by atoms with Gasteiger partial charge in [-0.05, 0) is 36.6 Å². The van der Waals surface area contributed by atoms with Crippen molar-refractivity contribution < 1.29 is 27.5 Å². The molecule has 1 N–H and O–H groups in total. The molecule has 168 valence electrons. The fraction of sp³-hybridized carbons (Fsp3) is 0.333. The third-order valence-corrected chi connectivity index (χ3v) is 7.30. The van der Waals surface area contributed by atoms with Gasteiger partial charge in [-0.25, -0.2) is 13.2 Å². The predicted molar refractivity (Wildman–Crippen MR) is 120 cm³/mol. The number of methoxy groups -OCH3 is 1. The Labute approximate surface area is 187 Å². The number of carbonyl (C=O) groups excluding carboxylic acids is 2. The van der Waals surface area contributed by atoms with E-state index >= 15 is 0 Å². The van der Waals surface area contributed by atoms with Crippen LogP contribution in [0.3, 0.4) is 0 Å². The topological polar surface area (TPSA) is 102 Å². The Hall–Kier alpha value is -2.56. The van der Waals surface area contributed by atoms with Gasteiger partial charge in [0.15, 0.2) is 6.61 Å². The third-order valence-electron chi connectivity index (χ3n) is 4.44. The number of sulfonamides is 1. The zero-order valence-electron chi connectivity index (χ0n) is 17.9. The molecule has 0 aliphatic rings. The molecule has 2 aromatic carbocycles. The molecular formula is C21H26N2O6S2. The van der Waals surface area contributed by atoms with Crippen LogP contribution >= 0.6 is 11.8 Å². The van der Waals surface area contributed by atoms with Gasteiger partial charge in [-0.15, -0.1) is 11.8 Å². The van der Waals surface area contributed by atoms with Gasteiger partial charge in [-0.3, -0.25) is 4.79 Å². The molecule has 0 saturated heterocycles. The lowest BCUT2D eigenvalue weighted by atomic mass is 10.2. The van der Waals surface area contributed by atoms with Crippen molar-refractivity contribution in [1.29, 1.82) is 0 Å². The first-order valence-electron chi connectivity index (χ1n) is 9.56. The number of amides is 1. The van der Waals surface area contributed by atoms with Crippen LogP contribution in [0.5, 0.6) is 5.75 Å². The molecule has 31 heavy (non-hydrogen) atoms. The average Bonchev–Trinajstić information content (AvgIpc) is 2.78. The summed E-state index contributed by atoms with van der Waals surface area (Å²) in [6, 6.07) is 11.2. The Balaban J connectivity index is 2.16. The minimum Gasteiger partial charge on any atom is -0.495 e. The lowest BCUT2D eigenvalue weighted by molar-refractivity contribution is -0.119. The summed E-state index contributed by atoms with van der Waals surface area (Å²) in [6.07, 6.45) is 1.89. The Morgan fingerprint density at radius 1 is 1.10 bits per heavy atom. The first-order valence-corrected chi connectivity index (χ1v) is 12.2. The van der Waals surface area contributed by atoms with Gasteiger partial charge < -0.3 is 14.8 Å². The number of hydrogen-bond donors (Lipinski definition) is 1. The zero-order valence-corrected chi connectivity index (χ0v) is 19.5. The molecule has 0 aromatic heterocycles.